The maximum Gasteiger partial charge on any atom is 0.354 e. The van der Waals surface area contributed by atoms with Gasteiger partial charge in [-0.1, -0.05) is 60.7 Å². The lowest BCUT2D eigenvalue weighted by molar-refractivity contribution is -0.192. The first-order chi connectivity index (χ1) is 15.4. The van der Waals surface area contributed by atoms with Crippen LogP contribution >= 0.6 is 11.8 Å². The van der Waals surface area contributed by atoms with Gasteiger partial charge in [0.2, 0.25) is 5.91 Å². The van der Waals surface area contributed by atoms with Crippen LogP contribution in [0.4, 0.5) is 0 Å². The lowest BCUT2D eigenvalue weighted by atomic mass is 9.89. The molecule has 2 heterocycles. The van der Waals surface area contributed by atoms with E-state index < -0.39 is 28.9 Å². The molecule has 0 aliphatic carbocycles. The normalized spacial score (nSPS) is 22.3. The van der Waals surface area contributed by atoms with Gasteiger partial charge in [0.1, 0.15) is 11.1 Å². The second-order valence-electron chi connectivity index (χ2n) is 7.64. The fourth-order valence-corrected chi connectivity index (χ4v) is 5.55. The molecule has 32 heavy (non-hydrogen) atoms. The maximum atomic E-state index is 13.6. The van der Waals surface area contributed by atoms with Crippen molar-refractivity contribution >= 4 is 29.5 Å². The van der Waals surface area contributed by atoms with Gasteiger partial charge in [-0.25, -0.2) is 4.79 Å². The molecule has 7 nitrogen and oxygen atoms in total. The molecular weight excluding hydrogens is 428 g/mol. The second kappa shape index (κ2) is 8.80. The molecule has 2 aliphatic heterocycles. The van der Waals surface area contributed by atoms with E-state index in [0.717, 1.165) is 16.7 Å². The third-order valence-electron chi connectivity index (χ3n) is 5.76. The zero-order chi connectivity index (χ0) is 22.9. The number of hydrogen-bond donors (Lipinski definition) is 1. The van der Waals surface area contributed by atoms with Gasteiger partial charge in [-0.3, -0.25) is 14.5 Å². The van der Waals surface area contributed by atoms with Crippen LogP contribution in [0.5, 0.6) is 0 Å². The van der Waals surface area contributed by atoms with Gasteiger partial charge < -0.3 is 14.8 Å². The van der Waals surface area contributed by atoms with Crippen LogP contribution in [0, 0.1) is 0 Å². The van der Waals surface area contributed by atoms with Crippen molar-refractivity contribution < 1.29 is 23.9 Å². The molecule has 2 aromatic carbocycles. The smallest absolute Gasteiger partial charge is 0.354 e. The number of rotatable bonds is 6. The Morgan fingerprint density at radius 2 is 1.62 bits per heavy atom. The summed E-state index contributed by atoms with van der Waals surface area (Å²) >= 11 is 1.43. The Labute approximate surface area is 190 Å². The van der Waals surface area contributed by atoms with Gasteiger partial charge in [-0.2, -0.15) is 0 Å². The van der Waals surface area contributed by atoms with E-state index in [1.54, 1.807) is 6.92 Å². The first-order valence-electron chi connectivity index (χ1n) is 10.1. The van der Waals surface area contributed by atoms with E-state index in [-0.39, 0.29) is 11.6 Å². The van der Waals surface area contributed by atoms with E-state index in [0.29, 0.717) is 5.75 Å². The average Bonchev–Trinajstić information content (AvgIpc) is 2.83. The molecule has 0 spiro atoms. The highest BCUT2D eigenvalue weighted by molar-refractivity contribution is 8.00. The number of benzene rings is 2. The van der Waals surface area contributed by atoms with Gasteiger partial charge >= 0.3 is 5.97 Å². The second-order valence-corrected chi connectivity index (χ2v) is 8.71. The van der Waals surface area contributed by atoms with Gasteiger partial charge in [-0.15, -0.1) is 11.8 Å². The average molecular weight is 453 g/mol. The van der Waals surface area contributed by atoms with Crippen molar-refractivity contribution in [1.29, 1.82) is 0 Å². The molecule has 0 saturated carbocycles. The molecule has 2 atom stereocenters. The van der Waals surface area contributed by atoms with Crippen molar-refractivity contribution in [2.75, 3.05) is 20.0 Å². The lowest BCUT2D eigenvalue weighted by Gasteiger charge is -2.56. The van der Waals surface area contributed by atoms with Crippen molar-refractivity contribution in [1.82, 2.24) is 10.2 Å². The number of β-lactam (4-membered cyclic amide) rings is 1. The summed E-state index contributed by atoms with van der Waals surface area (Å²) in [5.74, 6) is -1.55. The number of hydrogen-bond acceptors (Lipinski definition) is 6. The van der Waals surface area contributed by atoms with Crippen LogP contribution in [0.3, 0.4) is 0 Å². The van der Waals surface area contributed by atoms with Crippen molar-refractivity contribution in [3.8, 4) is 0 Å². The van der Waals surface area contributed by atoms with Crippen molar-refractivity contribution in [2.45, 2.75) is 23.9 Å². The fraction of sp³-hybridized carbons (Fsp3) is 0.292. The van der Waals surface area contributed by atoms with Crippen LogP contribution < -0.4 is 5.32 Å². The lowest BCUT2D eigenvalue weighted by Crippen LogP contribution is -2.80. The van der Waals surface area contributed by atoms with Crippen molar-refractivity contribution in [3.05, 3.63) is 83.1 Å². The summed E-state index contributed by atoms with van der Waals surface area (Å²) in [5.41, 5.74) is 0.991. The van der Waals surface area contributed by atoms with Crippen LogP contribution in [0.1, 0.15) is 24.0 Å². The van der Waals surface area contributed by atoms with Crippen molar-refractivity contribution in [3.63, 3.8) is 0 Å². The Hall–Kier alpha value is -3.10. The minimum atomic E-state index is -1.57. The first-order valence-corrected chi connectivity index (χ1v) is 11.2. The van der Waals surface area contributed by atoms with E-state index in [1.165, 1.54) is 30.9 Å². The highest BCUT2D eigenvalue weighted by atomic mass is 32.2. The molecule has 0 radical (unpaired) electrons. The van der Waals surface area contributed by atoms with E-state index in [1.807, 2.05) is 60.7 Å². The number of methoxy groups -OCH3 is 2. The predicted molar refractivity (Wildman–Crippen MR) is 120 cm³/mol. The number of nitrogens with one attached hydrogen (secondary N) is 1. The van der Waals surface area contributed by atoms with Gasteiger partial charge in [0.05, 0.1) is 13.0 Å². The van der Waals surface area contributed by atoms with Gasteiger partial charge in [0, 0.05) is 12.9 Å². The van der Waals surface area contributed by atoms with E-state index in [4.69, 9.17) is 9.47 Å². The third-order valence-corrected chi connectivity index (χ3v) is 7.22. The summed E-state index contributed by atoms with van der Waals surface area (Å²) in [6, 6.07) is 18.8. The monoisotopic (exact) mass is 452 g/mol. The van der Waals surface area contributed by atoms with Crippen LogP contribution in [-0.4, -0.2) is 53.8 Å². The minimum absolute atomic E-state index is 0.214. The highest BCUT2D eigenvalue weighted by Gasteiger charge is 2.66. The summed E-state index contributed by atoms with van der Waals surface area (Å²) in [6.45, 7) is 1.79. The number of ether oxygens (including phenoxy) is 2. The Morgan fingerprint density at radius 3 is 2.12 bits per heavy atom. The largest absolute Gasteiger partial charge is 0.464 e. The van der Waals surface area contributed by atoms with Gasteiger partial charge in [-0.05, 0) is 23.6 Å². The number of thioether (sulfide) groups is 1. The van der Waals surface area contributed by atoms with Crippen LogP contribution in [0.2, 0.25) is 0 Å². The molecule has 0 aromatic heterocycles. The SMILES string of the molecule is COC(=O)C1=C(C)CS[C@H]2N1C(=O)[C@]2(NC(=O)C(c1ccccc1)c1ccccc1)OC. The zero-order valence-electron chi connectivity index (χ0n) is 18.0. The van der Waals surface area contributed by atoms with E-state index >= 15 is 0 Å². The first kappa shape index (κ1) is 22.1. The van der Waals surface area contributed by atoms with Crippen LogP contribution in [-0.2, 0) is 23.9 Å². The van der Waals surface area contributed by atoms with Gasteiger partial charge in [0.15, 0.2) is 0 Å². The number of fused-ring (bicyclic) bond motifs is 1. The van der Waals surface area contributed by atoms with Crippen molar-refractivity contribution in [2.24, 2.45) is 0 Å². The Kier molecular flexibility index (Phi) is 6.08. The summed E-state index contributed by atoms with van der Waals surface area (Å²) < 4.78 is 10.5. The molecule has 166 valence electrons. The molecule has 1 N–H and O–H groups in total. The Balaban J connectivity index is 1.67. The quantitative estimate of drug-likeness (QED) is 0.412. The standard InChI is InChI=1S/C24H24N2O5S/c1-15-14-32-23-24(31-3,22(29)26(23)19(15)21(28)30-2)25-20(27)18(16-10-6-4-7-11-16)17-12-8-5-9-13-17/h4-13,18,23H,14H2,1-3H3,(H,25,27)/t23-,24+/m1/s1. The molecule has 2 aliphatic rings. The summed E-state index contributed by atoms with van der Waals surface area (Å²) in [7, 11) is 2.67. The molecule has 2 amide bonds. The third kappa shape index (κ3) is 3.49. The van der Waals surface area contributed by atoms with Crippen LogP contribution in [0.25, 0.3) is 0 Å². The molecule has 0 bridgehead atoms. The summed E-state index contributed by atoms with van der Waals surface area (Å²) in [4.78, 5) is 40.5. The summed E-state index contributed by atoms with van der Waals surface area (Å²) in [6.07, 6.45) is 0. The molecule has 1 saturated heterocycles. The molecule has 8 heteroatoms. The zero-order valence-corrected chi connectivity index (χ0v) is 18.8. The van der Waals surface area contributed by atoms with Crippen LogP contribution in [0.15, 0.2) is 71.9 Å². The fourth-order valence-electron chi connectivity index (χ4n) is 4.16. The van der Waals surface area contributed by atoms with Gasteiger partial charge in [0.25, 0.3) is 11.6 Å². The Bertz CT molecular complexity index is 1030. The topological polar surface area (TPSA) is 84.9 Å². The number of amides is 2. The minimum Gasteiger partial charge on any atom is -0.464 e. The maximum absolute atomic E-state index is 13.6. The number of nitrogens with zero attached hydrogens (tertiary/aromatic N) is 1. The molecule has 0 unspecified atom stereocenters. The molecule has 4 rings (SSSR count). The Morgan fingerprint density at radius 1 is 1.06 bits per heavy atom. The number of esters is 1. The number of carbonyl (C=O) groups excluding carboxylic acids is 3. The highest BCUT2D eigenvalue weighted by Crippen LogP contribution is 2.47. The predicted octanol–water partition coefficient (Wildman–Crippen LogP) is 2.64. The molecule has 1 fully saturated rings. The summed E-state index contributed by atoms with van der Waals surface area (Å²) in [5, 5.41) is 2.29. The van der Waals surface area contributed by atoms with E-state index in [9.17, 15) is 14.4 Å². The molecule has 2 aromatic rings. The molecular formula is C24H24N2O5S. The van der Waals surface area contributed by atoms with E-state index in [2.05, 4.69) is 5.32 Å². The number of carbonyl (C=O) groups is 3.